The van der Waals surface area contributed by atoms with Gasteiger partial charge in [0.15, 0.2) is 0 Å². The van der Waals surface area contributed by atoms with Gasteiger partial charge < -0.3 is 0 Å². The van der Waals surface area contributed by atoms with Crippen LogP contribution in [0.2, 0.25) is 10.3 Å². The maximum absolute atomic E-state index is 5.83. The van der Waals surface area contributed by atoms with E-state index < -0.39 is 0 Å². The molecule has 14 heavy (non-hydrogen) atoms. The monoisotopic (exact) mass is 247 g/mol. The maximum Gasteiger partial charge on any atom is 0.131 e. The van der Waals surface area contributed by atoms with Crippen LogP contribution < -0.4 is 0 Å². The van der Waals surface area contributed by atoms with Crippen LogP contribution >= 0.6 is 35.0 Å². The van der Waals surface area contributed by atoms with Gasteiger partial charge in [0.25, 0.3) is 0 Å². The Hall–Kier alpha value is 0.0800. The molecular weight excluding hydrogens is 237 g/mol. The molecule has 0 N–H and O–H groups in total. The van der Waals surface area contributed by atoms with Crippen molar-refractivity contribution in [2.75, 3.05) is 0 Å². The summed E-state index contributed by atoms with van der Waals surface area (Å²) in [4.78, 5) is 5.07. The second-order valence-electron chi connectivity index (χ2n) is 3.47. The normalized spacial score (nSPS) is 17.6. The van der Waals surface area contributed by atoms with E-state index in [1.54, 1.807) is 0 Å². The molecule has 1 aliphatic carbocycles. The molecule has 1 aliphatic rings. The van der Waals surface area contributed by atoms with Crippen molar-refractivity contribution in [2.24, 2.45) is 0 Å². The highest BCUT2D eigenvalue weighted by molar-refractivity contribution is 8.00. The summed E-state index contributed by atoms with van der Waals surface area (Å²) in [5, 5.41) is 1.71. The Balaban J connectivity index is 2.07. The molecule has 4 heteroatoms. The van der Waals surface area contributed by atoms with Crippen molar-refractivity contribution in [1.29, 1.82) is 0 Å². The number of aromatic nitrogens is 1. The van der Waals surface area contributed by atoms with Gasteiger partial charge in [0.1, 0.15) is 10.3 Å². The molecule has 76 valence electrons. The lowest BCUT2D eigenvalue weighted by molar-refractivity contribution is 0.886. The van der Waals surface area contributed by atoms with E-state index in [1.165, 1.54) is 25.7 Å². The number of nitrogens with zero attached hydrogens (tertiary/aromatic N) is 1. The van der Waals surface area contributed by atoms with Crippen molar-refractivity contribution in [3.63, 3.8) is 0 Å². The fourth-order valence-corrected chi connectivity index (χ4v) is 3.61. The lowest BCUT2D eigenvalue weighted by atomic mass is 10.4. The number of thioether (sulfide) groups is 1. The van der Waals surface area contributed by atoms with Crippen molar-refractivity contribution < 1.29 is 0 Å². The number of rotatable bonds is 2. The first-order valence-electron chi connectivity index (χ1n) is 4.74. The van der Waals surface area contributed by atoms with Crippen LogP contribution in [0.1, 0.15) is 25.7 Å². The van der Waals surface area contributed by atoms with E-state index in [2.05, 4.69) is 4.98 Å². The van der Waals surface area contributed by atoms with Gasteiger partial charge in [-0.2, -0.15) is 0 Å². The second kappa shape index (κ2) is 4.73. The number of halogens is 2. The minimum atomic E-state index is 0.484. The summed E-state index contributed by atoms with van der Waals surface area (Å²) in [6.45, 7) is 0. The summed E-state index contributed by atoms with van der Waals surface area (Å²) in [6, 6.07) is 3.77. The van der Waals surface area contributed by atoms with Gasteiger partial charge in [-0.25, -0.2) is 4.98 Å². The Kier molecular flexibility index (Phi) is 3.58. The predicted octanol–water partition coefficient (Wildman–Crippen LogP) is 4.42. The molecule has 0 atom stereocenters. The third-order valence-electron chi connectivity index (χ3n) is 2.34. The smallest absolute Gasteiger partial charge is 0.131 e. The summed E-state index contributed by atoms with van der Waals surface area (Å²) in [7, 11) is 0. The Bertz CT molecular complexity index is 304. The SMILES string of the molecule is Clc1cc(SC2CCCC2)cc(Cl)n1. The summed E-state index contributed by atoms with van der Waals surface area (Å²) >= 11 is 13.5. The van der Waals surface area contributed by atoms with Gasteiger partial charge in [0.05, 0.1) is 0 Å². The number of pyridine rings is 1. The highest BCUT2D eigenvalue weighted by Crippen LogP contribution is 2.35. The van der Waals surface area contributed by atoms with E-state index in [0.29, 0.717) is 10.3 Å². The van der Waals surface area contributed by atoms with Crippen LogP contribution in [-0.4, -0.2) is 10.2 Å². The summed E-state index contributed by atoms with van der Waals surface area (Å²) in [5.74, 6) is 0. The molecule has 0 aromatic carbocycles. The molecule has 1 aromatic rings. The van der Waals surface area contributed by atoms with Crippen LogP contribution in [0.15, 0.2) is 17.0 Å². The zero-order valence-corrected chi connectivity index (χ0v) is 10.0. The topological polar surface area (TPSA) is 12.9 Å². The lowest BCUT2D eigenvalue weighted by Gasteiger charge is -2.08. The highest BCUT2D eigenvalue weighted by Gasteiger charge is 2.16. The van der Waals surface area contributed by atoms with Gasteiger partial charge in [-0.3, -0.25) is 0 Å². The van der Waals surface area contributed by atoms with Gasteiger partial charge in [0, 0.05) is 10.1 Å². The van der Waals surface area contributed by atoms with Crippen LogP contribution in [0.5, 0.6) is 0 Å². The van der Waals surface area contributed by atoms with Gasteiger partial charge in [0.2, 0.25) is 0 Å². The van der Waals surface area contributed by atoms with Crippen LogP contribution in [0.25, 0.3) is 0 Å². The highest BCUT2D eigenvalue weighted by atomic mass is 35.5. The van der Waals surface area contributed by atoms with E-state index in [-0.39, 0.29) is 0 Å². The zero-order chi connectivity index (χ0) is 9.97. The number of hydrogen-bond donors (Lipinski definition) is 0. The molecule has 0 spiro atoms. The first-order chi connectivity index (χ1) is 6.74. The first-order valence-corrected chi connectivity index (χ1v) is 6.37. The van der Waals surface area contributed by atoms with E-state index >= 15 is 0 Å². The predicted molar refractivity (Wildman–Crippen MR) is 62.4 cm³/mol. The van der Waals surface area contributed by atoms with Crippen molar-refractivity contribution >= 4 is 35.0 Å². The fourth-order valence-electron chi connectivity index (χ4n) is 1.71. The standard InChI is InChI=1S/C10H11Cl2NS/c11-9-5-8(6-10(12)13-9)14-7-3-1-2-4-7/h5-7H,1-4H2. The van der Waals surface area contributed by atoms with Crippen molar-refractivity contribution in [2.45, 2.75) is 35.8 Å². The Morgan fingerprint density at radius 1 is 1.14 bits per heavy atom. The van der Waals surface area contributed by atoms with Crippen LogP contribution in [-0.2, 0) is 0 Å². The van der Waals surface area contributed by atoms with Crippen LogP contribution in [0.3, 0.4) is 0 Å². The van der Waals surface area contributed by atoms with Gasteiger partial charge in [-0.15, -0.1) is 11.8 Å². The van der Waals surface area contributed by atoms with Gasteiger partial charge in [-0.1, -0.05) is 36.0 Å². The van der Waals surface area contributed by atoms with Gasteiger partial charge in [-0.05, 0) is 25.0 Å². The molecular formula is C10H11Cl2NS. The van der Waals surface area contributed by atoms with E-state index in [9.17, 15) is 0 Å². The molecule has 1 aromatic heterocycles. The molecule has 1 nitrogen and oxygen atoms in total. The Labute approximate surface area is 98.2 Å². The molecule has 2 rings (SSSR count). The van der Waals surface area contributed by atoms with Crippen molar-refractivity contribution in [1.82, 2.24) is 4.98 Å². The molecule has 1 fully saturated rings. The summed E-state index contributed by atoms with van der Waals surface area (Å²) < 4.78 is 0. The Morgan fingerprint density at radius 2 is 1.71 bits per heavy atom. The maximum atomic E-state index is 5.83. The average molecular weight is 248 g/mol. The summed E-state index contributed by atoms with van der Waals surface area (Å²) in [5.41, 5.74) is 0. The van der Waals surface area contributed by atoms with Crippen molar-refractivity contribution in [3.05, 3.63) is 22.4 Å². The molecule has 0 amide bonds. The fraction of sp³-hybridized carbons (Fsp3) is 0.500. The zero-order valence-electron chi connectivity index (χ0n) is 7.67. The van der Waals surface area contributed by atoms with Crippen LogP contribution in [0.4, 0.5) is 0 Å². The number of hydrogen-bond acceptors (Lipinski definition) is 2. The molecule has 0 unspecified atom stereocenters. The van der Waals surface area contributed by atoms with E-state index in [1.807, 2.05) is 23.9 Å². The van der Waals surface area contributed by atoms with E-state index in [0.717, 1.165) is 10.1 Å². The molecule has 0 bridgehead atoms. The summed E-state index contributed by atoms with van der Waals surface area (Å²) in [6.07, 6.45) is 5.32. The third kappa shape index (κ3) is 2.78. The molecule has 1 heterocycles. The Morgan fingerprint density at radius 3 is 2.29 bits per heavy atom. The molecule has 1 saturated carbocycles. The third-order valence-corrected chi connectivity index (χ3v) is 4.04. The minimum Gasteiger partial charge on any atom is -0.224 e. The van der Waals surface area contributed by atoms with Crippen molar-refractivity contribution in [3.8, 4) is 0 Å². The molecule has 0 saturated heterocycles. The lowest BCUT2D eigenvalue weighted by Crippen LogP contribution is -1.93. The molecule has 0 aliphatic heterocycles. The molecule has 0 radical (unpaired) electrons. The quantitative estimate of drug-likeness (QED) is 0.718. The van der Waals surface area contributed by atoms with E-state index in [4.69, 9.17) is 23.2 Å². The second-order valence-corrected chi connectivity index (χ2v) is 5.62. The minimum absolute atomic E-state index is 0.484. The van der Waals surface area contributed by atoms with Gasteiger partial charge >= 0.3 is 0 Å². The first kappa shape index (κ1) is 10.6. The average Bonchev–Trinajstić information content (AvgIpc) is 2.54. The largest absolute Gasteiger partial charge is 0.224 e. The van der Waals surface area contributed by atoms with Crippen LogP contribution in [0, 0.1) is 0 Å².